The van der Waals surface area contributed by atoms with Crippen LogP contribution in [0.4, 0.5) is 0 Å². The van der Waals surface area contributed by atoms with Crippen LogP contribution in [-0.2, 0) is 5.41 Å². The fourth-order valence-corrected chi connectivity index (χ4v) is 5.98. The first-order valence-electron chi connectivity index (χ1n) is 12.1. The van der Waals surface area contributed by atoms with Gasteiger partial charge in [-0.1, -0.05) is 102 Å². The number of rotatable bonds is 2. The second-order valence-electron chi connectivity index (χ2n) is 9.43. The van der Waals surface area contributed by atoms with Crippen LogP contribution in [0.2, 0.25) is 0 Å². The summed E-state index contributed by atoms with van der Waals surface area (Å²) in [4.78, 5) is 0. The minimum atomic E-state index is 0.351. The van der Waals surface area contributed by atoms with E-state index in [2.05, 4.69) is 12.1 Å². The standard InChI is InChI=1S/C26H42O/c27-25-19-17-24(18-20-25)26(21-13-9-5-2-6-10-14-22-26)23-15-11-7-3-1-4-8-12-16-23/h17-20,23,27H,1-16,21-22H2. The Morgan fingerprint density at radius 1 is 0.556 bits per heavy atom. The van der Waals surface area contributed by atoms with Crippen molar-refractivity contribution in [2.75, 3.05) is 0 Å². The molecule has 27 heavy (non-hydrogen) atoms. The van der Waals surface area contributed by atoms with Gasteiger partial charge in [0, 0.05) is 0 Å². The molecule has 0 atom stereocenters. The molecule has 3 rings (SSSR count). The van der Waals surface area contributed by atoms with Gasteiger partial charge in [-0.2, -0.15) is 0 Å². The summed E-state index contributed by atoms with van der Waals surface area (Å²) in [5, 5.41) is 9.88. The van der Waals surface area contributed by atoms with Gasteiger partial charge in [0.25, 0.3) is 0 Å². The molecule has 1 aromatic carbocycles. The molecule has 1 aromatic rings. The smallest absolute Gasteiger partial charge is 0.115 e. The minimum Gasteiger partial charge on any atom is -0.508 e. The van der Waals surface area contributed by atoms with Gasteiger partial charge in [0.2, 0.25) is 0 Å². The number of phenols is 1. The van der Waals surface area contributed by atoms with Crippen molar-refractivity contribution in [3.8, 4) is 5.75 Å². The molecule has 0 amide bonds. The van der Waals surface area contributed by atoms with Crippen LogP contribution in [0.1, 0.15) is 121 Å². The van der Waals surface area contributed by atoms with Gasteiger partial charge in [-0.25, -0.2) is 0 Å². The Bertz CT molecular complexity index is 498. The summed E-state index contributed by atoms with van der Waals surface area (Å²) in [6, 6.07) is 8.41. The second kappa shape index (κ2) is 11.1. The van der Waals surface area contributed by atoms with E-state index >= 15 is 0 Å². The van der Waals surface area contributed by atoms with Crippen LogP contribution < -0.4 is 0 Å². The molecule has 2 fully saturated rings. The average Bonchev–Trinajstić information content (AvgIpc) is 2.70. The van der Waals surface area contributed by atoms with E-state index in [4.69, 9.17) is 0 Å². The van der Waals surface area contributed by atoms with Gasteiger partial charge in [0.15, 0.2) is 0 Å². The summed E-state index contributed by atoms with van der Waals surface area (Å²) in [5.74, 6) is 1.25. The maximum absolute atomic E-state index is 9.88. The van der Waals surface area contributed by atoms with Gasteiger partial charge in [-0.3, -0.25) is 0 Å². The fourth-order valence-electron chi connectivity index (χ4n) is 5.98. The van der Waals surface area contributed by atoms with Gasteiger partial charge in [-0.15, -0.1) is 0 Å². The van der Waals surface area contributed by atoms with Crippen molar-refractivity contribution in [1.82, 2.24) is 0 Å². The molecule has 2 aliphatic rings. The van der Waals surface area contributed by atoms with E-state index in [9.17, 15) is 5.11 Å². The zero-order valence-electron chi connectivity index (χ0n) is 17.6. The van der Waals surface area contributed by atoms with Gasteiger partial charge < -0.3 is 5.11 Å². The van der Waals surface area contributed by atoms with E-state index in [-0.39, 0.29) is 0 Å². The van der Waals surface area contributed by atoms with Crippen LogP contribution in [0, 0.1) is 5.92 Å². The molecule has 0 aromatic heterocycles. The number of phenolic OH excluding ortho intramolecular Hbond substituents is 1. The Kier molecular flexibility index (Phi) is 8.55. The lowest BCUT2D eigenvalue weighted by Gasteiger charge is -2.43. The lowest BCUT2D eigenvalue weighted by molar-refractivity contribution is 0.179. The van der Waals surface area contributed by atoms with Crippen LogP contribution >= 0.6 is 0 Å². The van der Waals surface area contributed by atoms with E-state index < -0.39 is 0 Å². The molecule has 0 spiro atoms. The number of benzene rings is 1. The maximum Gasteiger partial charge on any atom is 0.115 e. The zero-order chi connectivity index (χ0) is 18.8. The molecular weight excluding hydrogens is 328 g/mol. The molecule has 0 aliphatic heterocycles. The lowest BCUT2D eigenvalue weighted by atomic mass is 9.61. The van der Waals surface area contributed by atoms with Crippen LogP contribution in [0.5, 0.6) is 5.75 Å². The van der Waals surface area contributed by atoms with E-state index in [0.717, 1.165) is 5.92 Å². The highest BCUT2D eigenvalue weighted by Gasteiger charge is 2.38. The van der Waals surface area contributed by atoms with Crippen LogP contribution in [0.15, 0.2) is 24.3 Å². The van der Waals surface area contributed by atoms with Crippen LogP contribution in [-0.4, -0.2) is 5.11 Å². The summed E-state index contributed by atoms with van der Waals surface area (Å²) in [5.41, 5.74) is 1.88. The lowest BCUT2D eigenvalue weighted by Crippen LogP contribution is -2.36. The van der Waals surface area contributed by atoms with E-state index in [1.165, 1.54) is 121 Å². The molecule has 152 valence electrons. The minimum absolute atomic E-state index is 0.351. The van der Waals surface area contributed by atoms with Crippen molar-refractivity contribution >= 4 is 0 Å². The molecule has 1 N–H and O–H groups in total. The number of hydrogen-bond acceptors (Lipinski definition) is 1. The third-order valence-electron chi connectivity index (χ3n) is 7.57. The molecule has 0 unspecified atom stereocenters. The molecule has 2 aliphatic carbocycles. The molecule has 1 nitrogen and oxygen atoms in total. The summed E-state index contributed by atoms with van der Waals surface area (Å²) < 4.78 is 0. The predicted octanol–water partition coefficient (Wildman–Crippen LogP) is 8.30. The van der Waals surface area contributed by atoms with Crippen molar-refractivity contribution in [3.05, 3.63) is 29.8 Å². The summed E-state index contributed by atoms with van der Waals surface area (Å²) in [6.45, 7) is 0. The normalized spacial score (nSPS) is 24.1. The fraction of sp³-hybridized carbons (Fsp3) is 0.769. The number of aromatic hydroxyl groups is 1. The molecular formula is C26H42O. The quantitative estimate of drug-likeness (QED) is 0.555. The molecule has 2 saturated carbocycles. The van der Waals surface area contributed by atoms with Gasteiger partial charge >= 0.3 is 0 Å². The monoisotopic (exact) mass is 370 g/mol. The van der Waals surface area contributed by atoms with Gasteiger partial charge in [0.1, 0.15) is 5.75 Å². The van der Waals surface area contributed by atoms with Crippen molar-refractivity contribution in [2.45, 2.75) is 121 Å². The van der Waals surface area contributed by atoms with Crippen molar-refractivity contribution in [1.29, 1.82) is 0 Å². The Labute approximate surface area is 168 Å². The largest absolute Gasteiger partial charge is 0.508 e. The third kappa shape index (κ3) is 6.00. The summed E-state index contributed by atoms with van der Waals surface area (Å²) in [6.07, 6.45) is 25.5. The van der Waals surface area contributed by atoms with Crippen molar-refractivity contribution in [2.24, 2.45) is 5.92 Å². The summed E-state index contributed by atoms with van der Waals surface area (Å²) in [7, 11) is 0. The average molecular weight is 371 g/mol. The first kappa shape index (κ1) is 20.7. The first-order chi connectivity index (χ1) is 13.3. The van der Waals surface area contributed by atoms with Crippen LogP contribution in [0.3, 0.4) is 0 Å². The van der Waals surface area contributed by atoms with Crippen LogP contribution in [0.25, 0.3) is 0 Å². The summed E-state index contributed by atoms with van der Waals surface area (Å²) >= 11 is 0. The van der Waals surface area contributed by atoms with E-state index in [1.807, 2.05) is 12.1 Å². The molecule has 0 saturated heterocycles. The topological polar surface area (TPSA) is 20.2 Å². The Morgan fingerprint density at radius 3 is 1.44 bits per heavy atom. The van der Waals surface area contributed by atoms with Gasteiger partial charge in [-0.05, 0) is 54.7 Å². The van der Waals surface area contributed by atoms with Crippen molar-refractivity contribution in [3.63, 3.8) is 0 Å². The Morgan fingerprint density at radius 2 is 0.963 bits per heavy atom. The molecule has 0 bridgehead atoms. The highest BCUT2D eigenvalue weighted by atomic mass is 16.3. The maximum atomic E-state index is 9.88. The third-order valence-corrected chi connectivity index (χ3v) is 7.57. The highest BCUT2D eigenvalue weighted by Crippen LogP contribution is 2.47. The van der Waals surface area contributed by atoms with E-state index in [0.29, 0.717) is 11.2 Å². The van der Waals surface area contributed by atoms with E-state index in [1.54, 1.807) is 0 Å². The second-order valence-corrected chi connectivity index (χ2v) is 9.43. The molecule has 0 heterocycles. The zero-order valence-corrected chi connectivity index (χ0v) is 17.6. The first-order valence-corrected chi connectivity index (χ1v) is 12.1. The predicted molar refractivity (Wildman–Crippen MR) is 116 cm³/mol. The molecule has 0 radical (unpaired) electrons. The Hall–Kier alpha value is -0.980. The number of hydrogen-bond donors (Lipinski definition) is 1. The molecule has 1 heteroatoms. The highest BCUT2D eigenvalue weighted by molar-refractivity contribution is 5.32. The van der Waals surface area contributed by atoms with Crippen molar-refractivity contribution < 1.29 is 5.11 Å². The van der Waals surface area contributed by atoms with Gasteiger partial charge in [0.05, 0.1) is 0 Å². The Balaban J connectivity index is 1.88. The SMILES string of the molecule is Oc1ccc(C2(C3CCCCCCCCC3)CCCCCCCCC2)cc1.